The van der Waals surface area contributed by atoms with Crippen molar-refractivity contribution in [2.75, 3.05) is 0 Å². The standard InChI is InChI=1S/C15H14N4O2S/c1-9-3-5-11(6-4-9)14-17-16-12-7-8-13(18-19(12)14)22-10(2)15(20)21/h3-8,10H,1-2H3,(H,20,21)/p-1/t10-/m1/s1. The van der Waals surface area contributed by atoms with Crippen LogP contribution in [-0.2, 0) is 4.79 Å². The number of carbonyl (C=O) groups is 1. The van der Waals surface area contributed by atoms with E-state index in [0.29, 0.717) is 16.5 Å². The van der Waals surface area contributed by atoms with E-state index in [4.69, 9.17) is 0 Å². The fraction of sp³-hybridized carbons (Fsp3) is 0.200. The Morgan fingerprint density at radius 2 is 1.91 bits per heavy atom. The molecule has 0 fully saturated rings. The maximum absolute atomic E-state index is 10.8. The van der Waals surface area contributed by atoms with Crippen LogP contribution in [0.2, 0.25) is 0 Å². The molecule has 1 aromatic carbocycles. The second-order valence-corrected chi connectivity index (χ2v) is 6.27. The van der Waals surface area contributed by atoms with Gasteiger partial charge < -0.3 is 9.90 Å². The van der Waals surface area contributed by atoms with Crippen LogP contribution in [-0.4, -0.2) is 31.0 Å². The number of thioether (sulfide) groups is 1. The lowest BCUT2D eigenvalue weighted by molar-refractivity contribution is -0.304. The number of hydrogen-bond donors (Lipinski definition) is 0. The molecule has 0 bridgehead atoms. The fourth-order valence-electron chi connectivity index (χ4n) is 1.95. The minimum absolute atomic E-state index is 0.581. The molecule has 2 heterocycles. The highest BCUT2D eigenvalue weighted by atomic mass is 32.2. The van der Waals surface area contributed by atoms with E-state index in [1.807, 2.05) is 31.2 Å². The van der Waals surface area contributed by atoms with Crippen LogP contribution in [0.15, 0.2) is 41.4 Å². The van der Waals surface area contributed by atoms with Crippen LogP contribution in [0.1, 0.15) is 12.5 Å². The van der Waals surface area contributed by atoms with Gasteiger partial charge >= 0.3 is 0 Å². The highest BCUT2D eigenvalue weighted by molar-refractivity contribution is 8.00. The lowest BCUT2D eigenvalue weighted by Crippen LogP contribution is -2.31. The maximum Gasteiger partial charge on any atom is 0.185 e. The highest BCUT2D eigenvalue weighted by Crippen LogP contribution is 2.23. The summed E-state index contributed by atoms with van der Waals surface area (Å²) in [5.41, 5.74) is 2.67. The summed E-state index contributed by atoms with van der Waals surface area (Å²) in [6.45, 7) is 3.58. The van der Waals surface area contributed by atoms with Crippen molar-refractivity contribution >= 4 is 23.4 Å². The molecule has 6 nitrogen and oxygen atoms in total. The zero-order chi connectivity index (χ0) is 15.7. The van der Waals surface area contributed by atoms with E-state index in [0.717, 1.165) is 22.9 Å². The monoisotopic (exact) mass is 313 g/mol. The smallest absolute Gasteiger partial charge is 0.185 e. The van der Waals surface area contributed by atoms with Gasteiger partial charge in [0.25, 0.3) is 0 Å². The third-order valence-corrected chi connectivity index (χ3v) is 4.18. The number of nitrogens with zero attached hydrogens (tertiary/aromatic N) is 4. The van der Waals surface area contributed by atoms with E-state index >= 15 is 0 Å². The van der Waals surface area contributed by atoms with Crippen molar-refractivity contribution in [3.63, 3.8) is 0 Å². The van der Waals surface area contributed by atoms with Crippen molar-refractivity contribution in [3.05, 3.63) is 42.0 Å². The Balaban J connectivity index is 2.01. The highest BCUT2D eigenvalue weighted by Gasteiger charge is 2.12. The van der Waals surface area contributed by atoms with E-state index in [1.54, 1.807) is 23.6 Å². The molecule has 0 N–H and O–H groups in total. The van der Waals surface area contributed by atoms with Crippen LogP contribution in [0.4, 0.5) is 0 Å². The minimum atomic E-state index is -1.12. The van der Waals surface area contributed by atoms with Gasteiger partial charge in [-0.3, -0.25) is 0 Å². The molecule has 0 aliphatic rings. The third kappa shape index (κ3) is 2.80. The predicted molar refractivity (Wildman–Crippen MR) is 81.3 cm³/mol. The fourth-order valence-corrected chi connectivity index (χ4v) is 2.68. The maximum atomic E-state index is 10.8. The second kappa shape index (κ2) is 5.76. The number of fused-ring (bicyclic) bond motifs is 1. The lowest BCUT2D eigenvalue weighted by atomic mass is 10.1. The van der Waals surface area contributed by atoms with Crippen LogP contribution in [0.25, 0.3) is 17.0 Å². The molecule has 2 aromatic heterocycles. The first-order chi connectivity index (χ1) is 10.5. The van der Waals surface area contributed by atoms with Crippen LogP contribution >= 0.6 is 11.8 Å². The molecule has 0 saturated carbocycles. The van der Waals surface area contributed by atoms with Crippen LogP contribution < -0.4 is 5.11 Å². The van der Waals surface area contributed by atoms with Gasteiger partial charge in [0.1, 0.15) is 5.03 Å². The van der Waals surface area contributed by atoms with Gasteiger partial charge in [0, 0.05) is 10.8 Å². The van der Waals surface area contributed by atoms with Crippen molar-refractivity contribution in [2.45, 2.75) is 24.1 Å². The summed E-state index contributed by atoms with van der Waals surface area (Å²) in [7, 11) is 0. The van der Waals surface area contributed by atoms with Gasteiger partial charge in [-0.05, 0) is 26.0 Å². The summed E-state index contributed by atoms with van der Waals surface area (Å²) in [4.78, 5) is 10.8. The number of carboxylic acid groups (broad SMARTS) is 1. The first-order valence-corrected chi connectivity index (χ1v) is 7.59. The topological polar surface area (TPSA) is 83.2 Å². The minimum Gasteiger partial charge on any atom is -0.549 e. The largest absolute Gasteiger partial charge is 0.549 e. The van der Waals surface area contributed by atoms with E-state index < -0.39 is 11.2 Å². The average Bonchev–Trinajstić information content (AvgIpc) is 2.91. The molecule has 0 aliphatic heterocycles. The quantitative estimate of drug-likeness (QED) is 0.676. The van der Waals surface area contributed by atoms with Gasteiger partial charge in [0.2, 0.25) is 0 Å². The van der Waals surface area contributed by atoms with E-state index in [9.17, 15) is 9.90 Å². The Kier molecular flexibility index (Phi) is 3.81. The number of aromatic nitrogens is 4. The average molecular weight is 313 g/mol. The van der Waals surface area contributed by atoms with Gasteiger partial charge in [-0.1, -0.05) is 41.6 Å². The summed E-state index contributed by atoms with van der Waals surface area (Å²) in [5.74, 6) is -0.493. The Morgan fingerprint density at radius 3 is 2.59 bits per heavy atom. The molecular formula is C15H13N4O2S-. The van der Waals surface area contributed by atoms with Gasteiger partial charge in [0.15, 0.2) is 11.5 Å². The number of benzene rings is 1. The van der Waals surface area contributed by atoms with Crippen LogP contribution in [0, 0.1) is 6.92 Å². The van der Waals surface area contributed by atoms with Gasteiger partial charge in [-0.2, -0.15) is 9.61 Å². The molecule has 1 atom stereocenters. The zero-order valence-electron chi connectivity index (χ0n) is 12.1. The van der Waals surface area contributed by atoms with E-state index in [-0.39, 0.29) is 0 Å². The van der Waals surface area contributed by atoms with Crippen molar-refractivity contribution < 1.29 is 9.90 Å². The molecule has 0 amide bonds. The Labute approximate surface area is 131 Å². The molecule has 22 heavy (non-hydrogen) atoms. The van der Waals surface area contributed by atoms with Crippen molar-refractivity contribution in [3.8, 4) is 11.4 Å². The normalized spacial score (nSPS) is 12.5. The molecule has 112 valence electrons. The summed E-state index contributed by atoms with van der Waals surface area (Å²) in [6.07, 6.45) is 0. The summed E-state index contributed by atoms with van der Waals surface area (Å²) in [5, 5.41) is 23.4. The molecule has 7 heteroatoms. The molecule has 3 rings (SSSR count). The zero-order valence-corrected chi connectivity index (χ0v) is 12.9. The Bertz CT molecular complexity index is 829. The number of aliphatic carboxylic acids is 1. The van der Waals surface area contributed by atoms with Crippen LogP contribution in [0.3, 0.4) is 0 Å². The number of rotatable bonds is 4. The lowest BCUT2D eigenvalue weighted by Gasteiger charge is -2.11. The van der Waals surface area contributed by atoms with Crippen molar-refractivity contribution in [1.82, 2.24) is 19.8 Å². The van der Waals surface area contributed by atoms with E-state index in [1.165, 1.54) is 0 Å². The summed E-state index contributed by atoms with van der Waals surface area (Å²) < 4.78 is 1.62. The Morgan fingerprint density at radius 1 is 1.18 bits per heavy atom. The number of carbonyl (C=O) groups excluding carboxylic acids is 1. The van der Waals surface area contributed by atoms with Gasteiger partial charge in [-0.15, -0.1) is 10.2 Å². The van der Waals surface area contributed by atoms with Gasteiger partial charge in [-0.25, -0.2) is 0 Å². The second-order valence-electron chi connectivity index (χ2n) is 4.91. The van der Waals surface area contributed by atoms with Crippen molar-refractivity contribution in [2.24, 2.45) is 0 Å². The summed E-state index contributed by atoms with van der Waals surface area (Å²) in [6, 6.07) is 11.4. The Hall–Kier alpha value is -2.41. The first kappa shape index (κ1) is 14.5. The molecule has 0 saturated heterocycles. The molecule has 0 unspecified atom stereocenters. The molecule has 3 aromatic rings. The molecule has 0 spiro atoms. The molecule has 0 radical (unpaired) electrons. The molecular weight excluding hydrogens is 300 g/mol. The SMILES string of the molecule is Cc1ccc(-c2nnc3ccc(S[C@H](C)C(=O)[O-])nn23)cc1. The third-order valence-electron chi connectivity index (χ3n) is 3.18. The van der Waals surface area contributed by atoms with Gasteiger partial charge in [0.05, 0.1) is 5.97 Å². The first-order valence-electron chi connectivity index (χ1n) is 6.71. The summed E-state index contributed by atoms with van der Waals surface area (Å²) >= 11 is 1.13. The molecule has 0 aliphatic carbocycles. The van der Waals surface area contributed by atoms with Crippen LogP contribution in [0.5, 0.6) is 0 Å². The van der Waals surface area contributed by atoms with E-state index in [2.05, 4.69) is 15.3 Å². The number of hydrogen-bond acceptors (Lipinski definition) is 6. The number of carboxylic acids is 1. The number of aryl methyl sites for hydroxylation is 1. The predicted octanol–water partition coefficient (Wildman–Crippen LogP) is 1.33. The van der Waals surface area contributed by atoms with Crippen molar-refractivity contribution in [1.29, 1.82) is 0 Å².